The molecule has 0 atom stereocenters. The molecule has 1 aromatic carbocycles. The van der Waals surface area contributed by atoms with E-state index in [9.17, 15) is 13.2 Å². The van der Waals surface area contributed by atoms with Crippen molar-refractivity contribution in [3.8, 4) is 0 Å². The lowest BCUT2D eigenvalue weighted by Gasteiger charge is -2.37. The lowest BCUT2D eigenvalue weighted by molar-refractivity contribution is -0.138. The third-order valence-corrected chi connectivity index (χ3v) is 7.59. The maximum atomic E-state index is 12.7. The Bertz CT molecular complexity index is 740. The highest BCUT2D eigenvalue weighted by Gasteiger charge is 2.33. The SMILES string of the molecule is CN1CCN(C(=O)C2CCN(S(=O)(=O)Cc3cccc(Br)c3)CC2)CC1. The van der Waals surface area contributed by atoms with Gasteiger partial charge in [0.15, 0.2) is 0 Å². The van der Waals surface area contributed by atoms with Crippen LogP contribution in [0.25, 0.3) is 0 Å². The second-order valence-electron chi connectivity index (χ2n) is 7.19. The van der Waals surface area contributed by atoms with Crippen LogP contribution in [0.3, 0.4) is 0 Å². The molecule has 0 aromatic heterocycles. The first-order valence-corrected chi connectivity index (χ1v) is 11.4. The average molecular weight is 444 g/mol. The maximum Gasteiger partial charge on any atom is 0.225 e. The third-order valence-electron chi connectivity index (χ3n) is 5.25. The van der Waals surface area contributed by atoms with Gasteiger partial charge >= 0.3 is 0 Å². The fraction of sp³-hybridized carbons (Fsp3) is 0.611. The lowest BCUT2D eigenvalue weighted by Crippen LogP contribution is -2.51. The number of halogens is 1. The zero-order chi connectivity index (χ0) is 18.7. The number of carbonyl (C=O) groups is 1. The van der Waals surface area contributed by atoms with Gasteiger partial charge in [0.1, 0.15) is 0 Å². The van der Waals surface area contributed by atoms with Gasteiger partial charge in [-0.2, -0.15) is 0 Å². The number of benzene rings is 1. The van der Waals surface area contributed by atoms with Gasteiger partial charge in [-0.3, -0.25) is 4.79 Å². The number of nitrogens with zero attached hydrogens (tertiary/aromatic N) is 3. The van der Waals surface area contributed by atoms with Gasteiger partial charge in [-0.1, -0.05) is 28.1 Å². The number of piperidine rings is 1. The number of carbonyl (C=O) groups excluding carboxylic acids is 1. The Balaban J connectivity index is 1.55. The van der Waals surface area contributed by atoms with Gasteiger partial charge in [0.2, 0.25) is 15.9 Å². The number of rotatable bonds is 4. The molecule has 0 N–H and O–H groups in total. The van der Waals surface area contributed by atoms with Crippen LogP contribution in [0.5, 0.6) is 0 Å². The Kier molecular flexibility index (Phi) is 6.37. The molecule has 0 unspecified atom stereocenters. The highest BCUT2D eigenvalue weighted by Crippen LogP contribution is 2.24. The van der Waals surface area contributed by atoms with E-state index in [0.717, 1.165) is 36.2 Å². The van der Waals surface area contributed by atoms with Crippen molar-refractivity contribution in [1.82, 2.24) is 14.1 Å². The van der Waals surface area contributed by atoms with E-state index in [0.29, 0.717) is 25.9 Å². The number of piperazine rings is 1. The Hall–Kier alpha value is -0.960. The van der Waals surface area contributed by atoms with Gasteiger partial charge in [0.05, 0.1) is 5.75 Å². The topological polar surface area (TPSA) is 60.9 Å². The van der Waals surface area contributed by atoms with E-state index < -0.39 is 10.0 Å². The summed E-state index contributed by atoms with van der Waals surface area (Å²) in [5, 5.41) is 0. The normalized spacial score (nSPS) is 21.1. The van der Waals surface area contributed by atoms with E-state index >= 15 is 0 Å². The van der Waals surface area contributed by atoms with Crippen molar-refractivity contribution in [3.05, 3.63) is 34.3 Å². The van der Waals surface area contributed by atoms with E-state index in [-0.39, 0.29) is 17.6 Å². The summed E-state index contributed by atoms with van der Waals surface area (Å²) < 4.78 is 27.8. The first kappa shape index (κ1) is 19.8. The first-order chi connectivity index (χ1) is 12.3. The van der Waals surface area contributed by atoms with Gasteiger partial charge in [-0.15, -0.1) is 0 Å². The van der Waals surface area contributed by atoms with E-state index in [1.165, 1.54) is 0 Å². The van der Waals surface area contributed by atoms with Crippen LogP contribution in [-0.4, -0.2) is 74.7 Å². The summed E-state index contributed by atoms with van der Waals surface area (Å²) >= 11 is 3.38. The number of likely N-dealkylation sites (N-methyl/N-ethyl adjacent to an activating group) is 1. The molecule has 1 aromatic rings. The zero-order valence-corrected chi connectivity index (χ0v) is 17.5. The molecule has 1 amide bonds. The van der Waals surface area contributed by atoms with Gasteiger partial charge in [-0.05, 0) is 37.6 Å². The summed E-state index contributed by atoms with van der Waals surface area (Å²) in [6.45, 7) is 4.23. The summed E-state index contributed by atoms with van der Waals surface area (Å²) in [4.78, 5) is 16.8. The van der Waals surface area contributed by atoms with Gasteiger partial charge in [-0.25, -0.2) is 12.7 Å². The number of hydrogen-bond donors (Lipinski definition) is 0. The summed E-state index contributed by atoms with van der Waals surface area (Å²) in [5.41, 5.74) is 0.773. The smallest absolute Gasteiger partial charge is 0.225 e. The number of sulfonamides is 1. The quantitative estimate of drug-likeness (QED) is 0.711. The second kappa shape index (κ2) is 8.37. The summed E-state index contributed by atoms with van der Waals surface area (Å²) in [7, 11) is -1.29. The van der Waals surface area contributed by atoms with Crippen LogP contribution in [0.2, 0.25) is 0 Å². The molecule has 144 valence electrons. The maximum absolute atomic E-state index is 12.7. The van der Waals surface area contributed by atoms with E-state index in [4.69, 9.17) is 0 Å². The van der Waals surface area contributed by atoms with Crippen molar-refractivity contribution >= 4 is 31.9 Å². The summed E-state index contributed by atoms with van der Waals surface area (Å²) in [6, 6.07) is 7.38. The van der Waals surface area contributed by atoms with Gasteiger partial charge < -0.3 is 9.80 Å². The molecule has 0 spiro atoms. The Labute approximate surface area is 164 Å². The summed E-state index contributed by atoms with van der Waals surface area (Å²) in [6.07, 6.45) is 1.23. The van der Waals surface area contributed by atoms with Crippen LogP contribution in [0.15, 0.2) is 28.7 Å². The van der Waals surface area contributed by atoms with E-state index in [1.54, 1.807) is 4.31 Å². The largest absolute Gasteiger partial charge is 0.340 e. The minimum Gasteiger partial charge on any atom is -0.340 e. The highest BCUT2D eigenvalue weighted by atomic mass is 79.9. The molecule has 2 saturated heterocycles. The second-order valence-corrected chi connectivity index (χ2v) is 10.1. The molecule has 3 rings (SSSR count). The van der Waals surface area contributed by atoms with Gasteiger partial charge in [0, 0.05) is 49.7 Å². The number of hydrogen-bond acceptors (Lipinski definition) is 4. The van der Waals surface area contributed by atoms with Crippen LogP contribution in [0.4, 0.5) is 0 Å². The van der Waals surface area contributed by atoms with Crippen molar-refractivity contribution in [2.45, 2.75) is 18.6 Å². The van der Waals surface area contributed by atoms with E-state index in [1.807, 2.05) is 29.2 Å². The van der Waals surface area contributed by atoms with Crippen LogP contribution >= 0.6 is 15.9 Å². The standard InChI is InChI=1S/C18H26BrN3O3S/c1-20-9-11-21(12-10-20)18(23)16-5-7-22(8-6-16)26(24,25)14-15-3-2-4-17(19)13-15/h2-4,13,16H,5-12,14H2,1H3. The minimum absolute atomic E-state index is 0.00348. The van der Waals surface area contributed by atoms with Gasteiger partial charge in [0.25, 0.3) is 0 Å². The molecule has 2 heterocycles. The fourth-order valence-electron chi connectivity index (χ4n) is 3.59. The molecule has 6 nitrogen and oxygen atoms in total. The monoisotopic (exact) mass is 443 g/mol. The molecule has 8 heteroatoms. The van der Waals surface area contributed by atoms with Crippen LogP contribution in [0.1, 0.15) is 18.4 Å². The van der Waals surface area contributed by atoms with Crippen molar-refractivity contribution in [3.63, 3.8) is 0 Å². The third kappa shape index (κ3) is 4.85. The van der Waals surface area contributed by atoms with Crippen LogP contribution in [0, 0.1) is 5.92 Å². The molecular formula is C18H26BrN3O3S. The van der Waals surface area contributed by atoms with Crippen molar-refractivity contribution in [1.29, 1.82) is 0 Å². The van der Waals surface area contributed by atoms with Crippen LogP contribution in [-0.2, 0) is 20.6 Å². The highest BCUT2D eigenvalue weighted by molar-refractivity contribution is 9.10. The zero-order valence-electron chi connectivity index (χ0n) is 15.1. The minimum atomic E-state index is -3.35. The lowest BCUT2D eigenvalue weighted by atomic mass is 9.96. The van der Waals surface area contributed by atoms with Crippen molar-refractivity contribution < 1.29 is 13.2 Å². The molecule has 2 aliphatic rings. The molecule has 0 aliphatic carbocycles. The first-order valence-electron chi connectivity index (χ1n) is 9.05. The van der Waals surface area contributed by atoms with Crippen molar-refractivity contribution in [2.75, 3.05) is 46.3 Å². The number of amides is 1. The fourth-order valence-corrected chi connectivity index (χ4v) is 5.59. The van der Waals surface area contributed by atoms with Crippen LogP contribution < -0.4 is 0 Å². The van der Waals surface area contributed by atoms with E-state index in [2.05, 4.69) is 27.9 Å². The average Bonchev–Trinajstić information content (AvgIpc) is 2.61. The predicted molar refractivity (Wildman–Crippen MR) is 105 cm³/mol. The Morgan fingerprint density at radius 3 is 2.38 bits per heavy atom. The molecule has 0 saturated carbocycles. The molecule has 2 fully saturated rings. The molecular weight excluding hydrogens is 418 g/mol. The Morgan fingerprint density at radius 2 is 1.77 bits per heavy atom. The predicted octanol–water partition coefficient (Wildman–Crippen LogP) is 1.76. The Morgan fingerprint density at radius 1 is 1.12 bits per heavy atom. The summed E-state index contributed by atoms with van der Waals surface area (Å²) in [5.74, 6) is 0.154. The molecule has 2 aliphatic heterocycles. The molecule has 0 bridgehead atoms. The van der Waals surface area contributed by atoms with Crippen molar-refractivity contribution in [2.24, 2.45) is 5.92 Å². The molecule has 0 radical (unpaired) electrons. The molecule has 26 heavy (non-hydrogen) atoms.